The molecule has 0 unspecified atom stereocenters. The van der Waals surface area contributed by atoms with Crippen LogP contribution in [0.25, 0.3) is 0 Å². The number of carbonyl (C=O) groups is 1. The lowest BCUT2D eigenvalue weighted by atomic mass is 10.2. The van der Waals surface area contributed by atoms with Crippen molar-refractivity contribution in [2.75, 3.05) is 17.1 Å². The molecule has 1 aliphatic rings. The highest BCUT2D eigenvalue weighted by atomic mass is 79.9. The number of benzene rings is 1. The number of halogens is 1. The Morgan fingerprint density at radius 1 is 1.29 bits per heavy atom. The van der Waals surface area contributed by atoms with Crippen molar-refractivity contribution in [3.8, 4) is 0 Å². The first-order chi connectivity index (χ1) is 9.86. The number of hydrogen-bond donors (Lipinski definition) is 1. The minimum Gasteiger partial charge on any atom is -0.352 e. The first-order valence-corrected chi connectivity index (χ1v) is 9.53. The second-order valence-electron chi connectivity index (χ2n) is 5.29. The summed E-state index contributed by atoms with van der Waals surface area (Å²) < 4.78 is 25.8. The molecule has 1 aliphatic carbocycles. The second kappa shape index (κ2) is 6.79. The summed E-state index contributed by atoms with van der Waals surface area (Å²) in [6, 6.07) is 7.04. The Hall–Kier alpha value is -1.08. The Bertz CT molecular complexity index is 595. The minimum atomic E-state index is -3.50. The van der Waals surface area contributed by atoms with Gasteiger partial charge in [0, 0.05) is 10.5 Å². The van der Waals surface area contributed by atoms with Crippen LogP contribution in [0.3, 0.4) is 0 Å². The van der Waals surface area contributed by atoms with E-state index in [2.05, 4.69) is 21.2 Å². The predicted octanol–water partition coefficient (Wildman–Crippen LogP) is 2.27. The van der Waals surface area contributed by atoms with Crippen molar-refractivity contribution in [2.24, 2.45) is 0 Å². The molecular weight excluding hydrogens is 356 g/mol. The van der Waals surface area contributed by atoms with Crippen molar-refractivity contribution >= 4 is 37.5 Å². The molecule has 0 aliphatic heterocycles. The number of nitrogens with one attached hydrogen (secondary N) is 1. The molecule has 0 heterocycles. The highest BCUT2D eigenvalue weighted by molar-refractivity contribution is 9.10. The van der Waals surface area contributed by atoms with Gasteiger partial charge in [0.25, 0.3) is 0 Å². The number of hydrogen-bond acceptors (Lipinski definition) is 3. The Kier molecular flexibility index (Phi) is 5.27. The lowest BCUT2D eigenvalue weighted by Crippen LogP contribution is -2.43. The first kappa shape index (κ1) is 16.3. The van der Waals surface area contributed by atoms with Crippen LogP contribution in [0, 0.1) is 0 Å². The van der Waals surface area contributed by atoms with E-state index in [1.165, 1.54) is 0 Å². The zero-order chi connectivity index (χ0) is 15.5. The lowest BCUT2D eigenvalue weighted by molar-refractivity contribution is -0.120. The maximum atomic E-state index is 12.1. The summed E-state index contributed by atoms with van der Waals surface area (Å²) in [4.78, 5) is 12.1. The van der Waals surface area contributed by atoms with E-state index in [9.17, 15) is 13.2 Å². The molecule has 0 bridgehead atoms. The van der Waals surface area contributed by atoms with Crippen LogP contribution in [0.2, 0.25) is 0 Å². The molecule has 2 rings (SSSR count). The largest absolute Gasteiger partial charge is 0.352 e. The van der Waals surface area contributed by atoms with Crippen LogP contribution in [0.1, 0.15) is 25.7 Å². The van der Waals surface area contributed by atoms with Crippen LogP contribution in [0.15, 0.2) is 28.7 Å². The van der Waals surface area contributed by atoms with E-state index in [4.69, 9.17) is 0 Å². The SMILES string of the molecule is CS(=O)(=O)N(CC(=O)NC1CCCC1)c1ccc(Br)cc1. The molecule has 5 nitrogen and oxygen atoms in total. The van der Waals surface area contributed by atoms with Crippen molar-refractivity contribution in [3.63, 3.8) is 0 Å². The summed E-state index contributed by atoms with van der Waals surface area (Å²) in [5.74, 6) is -0.254. The molecule has 1 saturated carbocycles. The number of rotatable bonds is 5. The van der Waals surface area contributed by atoms with E-state index in [1.54, 1.807) is 24.3 Å². The van der Waals surface area contributed by atoms with Crippen LogP contribution in [0.5, 0.6) is 0 Å². The fourth-order valence-corrected chi connectivity index (χ4v) is 3.60. The summed E-state index contributed by atoms with van der Waals surface area (Å²) in [5, 5.41) is 2.91. The van der Waals surface area contributed by atoms with Crippen LogP contribution < -0.4 is 9.62 Å². The molecule has 21 heavy (non-hydrogen) atoms. The fourth-order valence-electron chi connectivity index (χ4n) is 2.48. The third kappa shape index (κ3) is 4.71. The minimum absolute atomic E-state index is 0.184. The normalized spacial score (nSPS) is 15.9. The molecule has 1 fully saturated rings. The quantitative estimate of drug-likeness (QED) is 0.859. The van der Waals surface area contributed by atoms with Gasteiger partial charge in [0.2, 0.25) is 15.9 Å². The summed E-state index contributed by atoms with van der Waals surface area (Å²) in [5.41, 5.74) is 0.488. The van der Waals surface area contributed by atoms with E-state index in [0.29, 0.717) is 5.69 Å². The fraction of sp³-hybridized carbons (Fsp3) is 0.500. The average molecular weight is 375 g/mol. The Morgan fingerprint density at radius 2 is 1.86 bits per heavy atom. The number of sulfonamides is 1. The summed E-state index contributed by atoms with van der Waals surface area (Å²) in [6.45, 7) is -0.184. The van der Waals surface area contributed by atoms with E-state index >= 15 is 0 Å². The van der Waals surface area contributed by atoms with Gasteiger partial charge in [0.05, 0.1) is 11.9 Å². The van der Waals surface area contributed by atoms with Gasteiger partial charge in [-0.1, -0.05) is 28.8 Å². The zero-order valence-electron chi connectivity index (χ0n) is 11.9. The molecule has 116 valence electrons. The van der Waals surface area contributed by atoms with E-state index in [1.807, 2.05) is 0 Å². The van der Waals surface area contributed by atoms with Crippen LogP contribution >= 0.6 is 15.9 Å². The van der Waals surface area contributed by atoms with Gasteiger partial charge in [0.1, 0.15) is 6.54 Å². The van der Waals surface area contributed by atoms with Crippen LogP contribution in [0.4, 0.5) is 5.69 Å². The molecule has 0 aromatic heterocycles. The van der Waals surface area contributed by atoms with Crippen molar-refractivity contribution < 1.29 is 13.2 Å². The summed E-state index contributed by atoms with van der Waals surface area (Å²) in [7, 11) is -3.50. The Labute approximate surface area is 133 Å². The molecular formula is C14H19BrN2O3S. The van der Waals surface area contributed by atoms with Gasteiger partial charge < -0.3 is 5.32 Å². The van der Waals surface area contributed by atoms with Gasteiger partial charge in [-0.25, -0.2) is 8.42 Å². The number of carbonyl (C=O) groups excluding carboxylic acids is 1. The number of amides is 1. The van der Waals surface area contributed by atoms with Gasteiger partial charge >= 0.3 is 0 Å². The molecule has 0 saturated heterocycles. The van der Waals surface area contributed by atoms with Crippen LogP contribution in [-0.4, -0.2) is 33.2 Å². The van der Waals surface area contributed by atoms with Gasteiger partial charge in [-0.15, -0.1) is 0 Å². The summed E-state index contributed by atoms with van der Waals surface area (Å²) >= 11 is 3.31. The summed E-state index contributed by atoms with van der Waals surface area (Å²) in [6.07, 6.45) is 5.30. The van der Waals surface area contributed by atoms with Crippen LogP contribution in [-0.2, 0) is 14.8 Å². The average Bonchev–Trinajstić information content (AvgIpc) is 2.89. The second-order valence-corrected chi connectivity index (χ2v) is 8.12. The topological polar surface area (TPSA) is 66.5 Å². The standard InChI is InChI=1S/C14H19BrN2O3S/c1-21(19,20)17(13-8-6-11(15)7-9-13)10-14(18)16-12-4-2-3-5-12/h6-9,12H,2-5,10H2,1H3,(H,16,18). The molecule has 1 N–H and O–H groups in total. The first-order valence-electron chi connectivity index (χ1n) is 6.89. The van der Waals surface area contributed by atoms with Gasteiger partial charge in [-0.3, -0.25) is 9.10 Å². The van der Waals surface area contributed by atoms with Gasteiger partial charge in [0.15, 0.2) is 0 Å². The van der Waals surface area contributed by atoms with Crippen molar-refractivity contribution in [1.29, 1.82) is 0 Å². The van der Waals surface area contributed by atoms with E-state index < -0.39 is 10.0 Å². The monoisotopic (exact) mass is 374 g/mol. The zero-order valence-corrected chi connectivity index (χ0v) is 14.3. The smallest absolute Gasteiger partial charge is 0.240 e. The van der Waals surface area contributed by atoms with Crippen molar-refractivity contribution in [3.05, 3.63) is 28.7 Å². The maximum Gasteiger partial charge on any atom is 0.240 e. The molecule has 0 radical (unpaired) electrons. The lowest BCUT2D eigenvalue weighted by Gasteiger charge is -2.23. The van der Waals surface area contributed by atoms with Gasteiger partial charge in [-0.2, -0.15) is 0 Å². The number of anilines is 1. The van der Waals surface area contributed by atoms with Crippen molar-refractivity contribution in [2.45, 2.75) is 31.7 Å². The van der Waals surface area contributed by atoms with Crippen molar-refractivity contribution in [1.82, 2.24) is 5.32 Å². The molecule has 0 spiro atoms. The number of nitrogens with zero attached hydrogens (tertiary/aromatic N) is 1. The molecule has 7 heteroatoms. The maximum absolute atomic E-state index is 12.1. The molecule has 1 amide bonds. The third-order valence-electron chi connectivity index (χ3n) is 3.52. The molecule has 1 aromatic carbocycles. The Morgan fingerprint density at radius 3 is 2.38 bits per heavy atom. The highest BCUT2D eigenvalue weighted by Gasteiger charge is 2.23. The van der Waals surface area contributed by atoms with Gasteiger partial charge in [-0.05, 0) is 37.1 Å². The molecule has 0 atom stereocenters. The Balaban J connectivity index is 2.09. The third-order valence-corrected chi connectivity index (χ3v) is 5.19. The van der Waals surface area contributed by atoms with E-state index in [0.717, 1.165) is 40.7 Å². The van der Waals surface area contributed by atoms with E-state index in [-0.39, 0.29) is 18.5 Å². The highest BCUT2D eigenvalue weighted by Crippen LogP contribution is 2.21. The molecule has 1 aromatic rings. The predicted molar refractivity (Wildman–Crippen MR) is 86.7 cm³/mol.